The number of anilines is 1. The fraction of sp³-hybridized carbons (Fsp3) is 0.250. The molecular formula is C8H10Cl2MgN. The first-order valence-electron chi connectivity index (χ1n) is 3.47. The second-order valence-electron chi connectivity index (χ2n) is 2.25. The van der Waals surface area contributed by atoms with E-state index in [0.29, 0.717) is 0 Å². The first-order chi connectivity index (χ1) is 5.72. The van der Waals surface area contributed by atoms with Crippen molar-refractivity contribution in [2.45, 2.75) is 0 Å². The van der Waals surface area contributed by atoms with Crippen molar-refractivity contribution >= 4 is 42.0 Å². The normalized spacial score (nSPS) is 7.67. The Morgan fingerprint density at radius 1 is 1.25 bits per heavy atom. The average molecular weight is 215 g/mol. The molecule has 1 aromatic rings. The lowest BCUT2D eigenvalue weighted by Crippen LogP contribution is -2.07. The van der Waals surface area contributed by atoms with Crippen LogP contribution in [0, 0.1) is 6.07 Å². The fourth-order valence-electron chi connectivity index (χ4n) is 0.676. The lowest BCUT2D eigenvalue weighted by atomic mass is 10.3. The Balaban J connectivity index is 0.000000354. The van der Waals surface area contributed by atoms with Gasteiger partial charge in [0.2, 0.25) is 0 Å². The SMILES string of the molecule is CN(C)c1cc[c]cc1.[Cl][Mg][Cl]. The molecule has 12 heavy (non-hydrogen) atoms. The predicted octanol–water partition coefficient (Wildman–Crippen LogP) is 2.55. The first kappa shape index (κ1) is 12.4. The quantitative estimate of drug-likeness (QED) is 0.651. The Kier molecular flexibility index (Phi) is 8.23. The number of halogens is 2. The molecule has 0 heterocycles. The molecule has 0 spiro atoms. The molecule has 0 N–H and O–H groups in total. The van der Waals surface area contributed by atoms with Crippen molar-refractivity contribution in [2.24, 2.45) is 0 Å². The highest BCUT2D eigenvalue weighted by atomic mass is 35.6. The topological polar surface area (TPSA) is 3.24 Å². The minimum Gasteiger partial charge on any atom is -0.378 e. The largest absolute Gasteiger partial charge is 0.618 e. The third-order valence-corrected chi connectivity index (χ3v) is 1.22. The zero-order valence-corrected chi connectivity index (χ0v) is 10.1. The van der Waals surface area contributed by atoms with Gasteiger partial charge in [-0.25, -0.2) is 0 Å². The van der Waals surface area contributed by atoms with Crippen LogP contribution >= 0.6 is 18.1 Å². The highest BCUT2D eigenvalue weighted by Gasteiger charge is 1.87. The van der Waals surface area contributed by atoms with E-state index in [1.165, 1.54) is 5.69 Å². The van der Waals surface area contributed by atoms with E-state index in [1.54, 1.807) is 0 Å². The molecule has 0 saturated heterocycles. The van der Waals surface area contributed by atoms with E-state index < -0.39 is 18.2 Å². The molecule has 0 unspecified atom stereocenters. The molecule has 0 aliphatic rings. The van der Waals surface area contributed by atoms with Crippen molar-refractivity contribution in [3.63, 3.8) is 0 Å². The van der Waals surface area contributed by atoms with Gasteiger partial charge in [0.25, 0.3) is 0 Å². The monoisotopic (exact) mass is 214 g/mol. The van der Waals surface area contributed by atoms with Gasteiger partial charge in [-0.15, -0.1) is 0 Å². The summed E-state index contributed by atoms with van der Waals surface area (Å²) < 4.78 is 0. The lowest BCUT2D eigenvalue weighted by Gasteiger charge is -2.10. The van der Waals surface area contributed by atoms with Crippen LogP contribution in [0.5, 0.6) is 0 Å². The minimum atomic E-state index is -0.639. The van der Waals surface area contributed by atoms with Crippen LogP contribution in [0.25, 0.3) is 0 Å². The summed E-state index contributed by atoms with van der Waals surface area (Å²) in [5.74, 6) is 0. The van der Waals surface area contributed by atoms with Crippen LogP contribution < -0.4 is 4.90 Å². The van der Waals surface area contributed by atoms with Crippen LogP contribution in [0.1, 0.15) is 0 Å². The Morgan fingerprint density at radius 3 is 1.92 bits per heavy atom. The number of hydrogen-bond donors (Lipinski definition) is 0. The first-order valence-corrected chi connectivity index (χ1v) is 7.75. The van der Waals surface area contributed by atoms with Crippen LogP contribution in [-0.2, 0) is 0 Å². The maximum absolute atomic E-state index is 4.90. The van der Waals surface area contributed by atoms with E-state index >= 15 is 0 Å². The fourth-order valence-corrected chi connectivity index (χ4v) is 0.676. The molecule has 1 nitrogen and oxygen atoms in total. The van der Waals surface area contributed by atoms with E-state index in [1.807, 2.05) is 38.4 Å². The van der Waals surface area contributed by atoms with Gasteiger partial charge in [0.1, 0.15) is 0 Å². The molecule has 63 valence electrons. The van der Waals surface area contributed by atoms with Crippen LogP contribution in [-0.4, -0.2) is 32.3 Å². The highest BCUT2D eigenvalue weighted by Crippen LogP contribution is 2.06. The van der Waals surface area contributed by atoms with Crippen LogP contribution in [0.15, 0.2) is 24.3 Å². The average Bonchev–Trinajstić information content (AvgIpc) is 2.07. The zero-order chi connectivity index (χ0) is 9.40. The second-order valence-corrected chi connectivity index (χ2v) is 4.88. The van der Waals surface area contributed by atoms with Crippen LogP contribution in [0.4, 0.5) is 5.69 Å². The van der Waals surface area contributed by atoms with Gasteiger partial charge in [-0.1, -0.05) is 12.1 Å². The molecule has 0 bridgehead atoms. The van der Waals surface area contributed by atoms with Crippen LogP contribution in [0.3, 0.4) is 0 Å². The Bertz CT molecular complexity index is 192. The predicted molar refractivity (Wildman–Crippen MR) is 57.1 cm³/mol. The minimum absolute atomic E-state index is 0.639. The number of hydrogen-bond acceptors (Lipinski definition) is 1. The standard InChI is InChI=1S/C8H10N.2ClH.Mg/c1-9(2)8-6-4-3-5-7-8;;;/h4-7H,1-2H3;2*1H;/q;;;+2/p-2. The lowest BCUT2D eigenvalue weighted by molar-refractivity contribution is 1.13. The third-order valence-electron chi connectivity index (χ3n) is 1.22. The molecule has 0 aliphatic heterocycles. The molecule has 1 aromatic carbocycles. The van der Waals surface area contributed by atoms with Crippen molar-refractivity contribution in [3.05, 3.63) is 30.3 Å². The molecule has 0 atom stereocenters. The van der Waals surface area contributed by atoms with Gasteiger partial charge >= 0.3 is 18.2 Å². The molecular weight excluding hydrogens is 205 g/mol. The van der Waals surface area contributed by atoms with E-state index in [4.69, 9.17) is 18.1 Å². The summed E-state index contributed by atoms with van der Waals surface area (Å²) in [4.78, 5) is 2.06. The van der Waals surface area contributed by atoms with E-state index in [2.05, 4.69) is 11.0 Å². The van der Waals surface area contributed by atoms with Crippen molar-refractivity contribution in [1.82, 2.24) is 0 Å². The summed E-state index contributed by atoms with van der Waals surface area (Å²) in [7, 11) is 13.9. The second kappa shape index (κ2) is 7.99. The maximum atomic E-state index is 4.90. The number of nitrogens with zero attached hydrogens (tertiary/aromatic N) is 1. The van der Waals surface area contributed by atoms with E-state index in [-0.39, 0.29) is 0 Å². The molecule has 0 aromatic heterocycles. The molecule has 0 amide bonds. The van der Waals surface area contributed by atoms with Gasteiger partial charge in [-0.3, -0.25) is 0 Å². The number of rotatable bonds is 1. The smallest absolute Gasteiger partial charge is 0.378 e. The van der Waals surface area contributed by atoms with Gasteiger partial charge in [0.05, 0.1) is 0 Å². The van der Waals surface area contributed by atoms with Crippen LogP contribution in [0.2, 0.25) is 0 Å². The molecule has 0 aliphatic carbocycles. The van der Waals surface area contributed by atoms with Gasteiger partial charge in [0, 0.05) is 19.8 Å². The van der Waals surface area contributed by atoms with Gasteiger partial charge in [-0.05, 0) is 18.2 Å². The third kappa shape index (κ3) is 5.95. The van der Waals surface area contributed by atoms with Gasteiger partial charge < -0.3 is 23.0 Å². The molecule has 0 saturated carbocycles. The summed E-state index contributed by atoms with van der Waals surface area (Å²) in [6.45, 7) is 0. The summed E-state index contributed by atoms with van der Waals surface area (Å²) >= 11 is -0.639. The van der Waals surface area contributed by atoms with Crippen molar-refractivity contribution in [3.8, 4) is 0 Å². The zero-order valence-electron chi connectivity index (χ0n) is 7.22. The van der Waals surface area contributed by atoms with Crippen molar-refractivity contribution in [2.75, 3.05) is 19.0 Å². The number of benzene rings is 1. The van der Waals surface area contributed by atoms with Gasteiger partial charge in [0.15, 0.2) is 0 Å². The highest BCUT2D eigenvalue weighted by molar-refractivity contribution is 7.22. The Labute approximate surface area is 90.9 Å². The molecule has 1 radical (unpaired) electrons. The van der Waals surface area contributed by atoms with E-state index in [9.17, 15) is 0 Å². The summed E-state index contributed by atoms with van der Waals surface area (Å²) in [6, 6.07) is 10.8. The molecule has 0 fully saturated rings. The Hall–Kier alpha value is 0.366. The summed E-state index contributed by atoms with van der Waals surface area (Å²) in [6.07, 6.45) is 0. The molecule has 4 heteroatoms. The summed E-state index contributed by atoms with van der Waals surface area (Å²) in [5.41, 5.74) is 1.22. The van der Waals surface area contributed by atoms with Crippen molar-refractivity contribution in [1.29, 1.82) is 0 Å². The van der Waals surface area contributed by atoms with Gasteiger partial charge in [-0.2, -0.15) is 0 Å². The van der Waals surface area contributed by atoms with E-state index in [0.717, 1.165) is 0 Å². The Morgan fingerprint density at radius 2 is 1.67 bits per heavy atom. The van der Waals surface area contributed by atoms with Crippen molar-refractivity contribution < 1.29 is 0 Å². The summed E-state index contributed by atoms with van der Waals surface area (Å²) in [5, 5.41) is 0. The molecule has 1 rings (SSSR count). The maximum Gasteiger partial charge on any atom is 0.618 e.